The summed E-state index contributed by atoms with van der Waals surface area (Å²) in [7, 11) is 1.83. The van der Waals surface area contributed by atoms with Gasteiger partial charge in [0.25, 0.3) is 0 Å². The molecule has 2 unspecified atom stereocenters. The van der Waals surface area contributed by atoms with Gasteiger partial charge in [-0.1, -0.05) is 11.6 Å². The lowest BCUT2D eigenvalue weighted by molar-refractivity contribution is -0.0721. The van der Waals surface area contributed by atoms with E-state index in [1.807, 2.05) is 38.2 Å². The summed E-state index contributed by atoms with van der Waals surface area (Å²) in [6, 6.07) is 7.44. The van der Waals surface area contributed by atoms with Gasteiger partial charge in [0.15, 0.2) is 5.96 Å². The van der Waals surface area contributed by atoms with Gasteiger partial charge < -0.3 is 24.4 Å². The number of nitrogens with zero attached hydrogens (tertiary/aromatic N) is 2. The standard InChI is InChI=1S/C22H34ClN3O3/c1-17(29-20-8-6-18(23)7-9-20)15-25-22(24-2)26-12-10-19(11-13-26)28-16-21-5-3-4-14-27-21/h6-9,17,19,21H,3-5,10-16H2,1-2H3,(H,24,25). The molecule has 2 aliphatic heterocycles. The van der Waals surface area contributed by atoms with Crippen molar-refractivity contribution < 1.29 is 14.2 Å². The fraction of sp³-hybridized carbons (Fsp3) is 0.682. The van der Waals surface area contributed by atoms with Crippen molar-refractivity contribution in [2.24, 2.45) is 4.99 Å². The lowest BCUT2D eigenvalue weighted by Crippen LogP contribution is -2.49. The molecule has 1 aromatic carbocycles. The molecule has 162 valence electrons. The summed E-state index contributed by atoms with van der Waals surface area (Å²) in [6.07, 6.45) is 6.24. The molecule has 1 aromatic rings. The molecule has 3 rings (SSSR count). The van der Waals surface area contributed by atoms with Gasteiger partial charge in [0.05, 0.1) is 25.4 Å². The summed E-state index contributed by atoms with van der Waals surface area (Å²) in [5.74, 6) is 1.74. The zero-order valence-corrected chi connectivity index (χ0v) is 18.4. The molecule has 0 aromatic heterocycles. The van der Waals surface area contributed by atoms with Crippen LogP contribution in [0.1, 0.15) is 39.0 Å². The van der Waals surface area contributed by atoms with E-state index in [2.05, 4.69) is 15.2 Å². The van der Waals surface area contributed by atoms with E-state index < -0.39 is 0 Å². The van der Waals surface area contributed by atoms with Crippen LogP contribution in [-0.2, 0) is 9.47 Å². The van der Waals surface area contributed by atoms with Crippen molar-refractivity contribution in [2.45, 2.75) is 57.3 Å². The Bertz CT molecular complexity index is 627. The van der Waals surface area contributed by atoms with Crippen LogP contribution in [0.2, 0.25) is 5.02 Å². The quantitative estimate of drug-likeness (QED) is 0.535. The molecule has 2 heterocycles. The maximum absolute atomic E-state index is 6.12. The van der Waals surface area contributed by atoms with Gasteiger partial charge in [0.2, 0.25) is 0 Å². The Morgan fingerprint density at radius 3 is 2.66 bits per heavy atom. The van der Waals surface area contributed by atoms with Crippen molar-refractivity contribution in [3.05, 3.63) is 29.3 Å². The highest BCUT2D eigenvalue weighted by Gasteiger charge is 2.24. The van der Waals surface area contributed by atoms with Gasteiger partial charge in [0, 0.05) is 31.8 Å². The number of hydrogen-bond acceptors (Lipinski definition) is 4. The lowest BCUT2D eigenvalue weighted by atomic mass is 10.1. The Hall–Kier alpha value is -1.50. The number of guanidine groups is 1. The number of rotatable bonds is 7. The van der Waals surface area contributed by atoms with E-state index in [0.29, 0.717) is 23.8 Å². The minimum Gasteiger partial charge on any atom is -0.489 e. The van der Waals surface area contributed by atoms with Crippen molar-refractivity contribution in [3.8, 4) is 5.75 Å². The maximum Gasteiger partial charge on any atom is 0.193 e. The zero-order valence-electron chi connectivity index (χ0n) is 17.6. The first-order valence-electron chi connectivity index (χ1n) is 10.7. The number of piperidine rings is 1. The van der Waals surface area contributed by atoms with Gasteiger partial charge in [-0.15, -0.1) is 0 Å². The first kappa shape index (κ1) is 22.2. The highest BCUT2D eigenvalue weighted by molar-refractivity contribution is 6.30. The van der Waals surface area contributed by atoms with Crippen molar-refractivity contribution >= 4 is 17.6 Å². The molecule has 1 N–H and O–H groups in total. The number of hydrogen-bond donors (Lipinski definition) is 1. The third kappa shape index (κ3) is 7.36. The fourth-order valence-corrected chi connectivity index (χ4v) is 3.90. The molecule has 0 aliphatic carbocycles. The second-order valence-corrected chi connectivity index (χ2v) is 8.26. The first-order valence-corrected chi connectivity index (χ1v) is 11.1. The predicted octanol–water partition coefficient (Wildman–Crippen LogP) is 3.73. The Morgan fingerprint density at radius 2 is 2.00 bits per heavy atom. The fourth-order valence-electron chi connectivity index (χ4n) is 3.77. The van der Waals surface area contributed by atoms with E-state index in [1.54, 1.807) is 0 Å². The van der Waals surface area contributed by atoms with E-state index in [4.69, 9.17) is 25.8 Å². The number of halogens is 1. The number of ether oxygens (including phenoxy) is 3. The Kier molecular flexibility index (Phi) is 8.90. The number of aliphatic imine (C=N–C) groups is 1. The molecular weight excluding hydrogens is 390 g/mol. The Balaban J connectivity index is 1.35. The maximum atomic E-state index is 6.12. The second-order valence-electron chi connectivity index (χ2n) is 7.82. The smallest absolute Gasteiger partial charge is 0.193 e. The van der Waals surface area contributed by atoms with Crippen LogP contribution in [0, 0.1) is 0 Å². The van der Waals surface area contributed by atoms with Crippen LogP contribution in [0.25, 0.3) is 0 Å². The lowest BCUT2D eigenvalue weighted by Gasteiger charge is -2.35. The Labute approximate surface area is 179 Å². The van der Waals surface area contributed by atoms with Crippen LogP contribution in [0.3, 0.4) is 0 Å². The summed E-state index contributed by atoms with van der Waals surface area (Å²) in [5, 5.41) is 4.14. The monoisotopic (exact) mass is 423 g/mol. The molecule has 2 fully saturated rings. The summed E-state index contributed by atoms with van der Waals surface area (Å²) in [5.41, 5.74) is 0. The molecule has 0 bridgehead atoms. The summed E-state index contributed by atoms with van der Waals surface area (Å²) in [6.45, 7) is 6.24. The third-order valence-electron chi connectivity index (χ3n) is 5.44. The summed E-state index contributed by atoms with van der Waals surface area (Å²) in [4.78, 5) is 6.74. The van der Waals surface area contributed by atoms with Crippen molar-refractivity contribution in [3.63, 3.8) is 0 Å². The van der Waals surface area contributed by atoms with Crippen LogP contribution in [0.5, 0.6) is 5.75 Å². The number of benzene rings is 1. The highest BCUT2D eigenvalue weighted by atomic mass is 35.5. The van der Waals surface area contributed by atoms with E-state index in [-0.39, 0.29) is 6.10 Å². The van der Waals surface area contributed by atoms with Gasteiger partial charge in [0.1, 0.15) is 11.9 Å². The number of nitrogens with one attached hydrogen (secondary N) is 1. The summed E-state index contributed by atoms with van der Waals surface area (Å²) >= 11 is 5.92. The SMILES string of the molecule is CN=C(NCC(C)Oc1ccc(Cl)cc1)N1CCC(OCC2CCCCO2)CC1. The van der Waals surface area contributed by atoms with Crippen molar-refractivity contribution in [1.82, 2.24) is 10.2 Å². The Morgan fingerprint density at radius 1 is 1.24 bits per heavy atom. The average molecular weight is 424 g/mol. The van der Waals surface area contributed by atoms with Crippen LogP contribution >= 0.6 is 11.6 Å². The van der Waals surface area contributed by atoms with E-state index >= 15 is 0 Å². The van der Waals surface area contributed by atoms with E-state index in [1.165, 1.54) is 12.8 Å². The van der Waals surface area contributed by atoms with Crippen LogP contribution in [0.15, 0.2) is 29.3 Å². The first-order chi connectivity index (χ1) is 14.1. The molecule has 2 saturated heterocycles. The van der Waals surface area contributed by atoms with Gasteiger partial charge in [-0.25, -0.2) is 0 Å². The van der Waals surface area contributed by atoms with Crippen molar-refractivity contribution in [1.29, 1.82) is 0 Å². The molecular formula is C22H34ClN3O3. The molecule has 0 saturated carbocycles. The normalized spacial score (nSPS) is 22.4. The molecule has 2 aliphatic rings. The van der Waals surface area contributed by atoms with Gasteiger partial charge in [-0.2, -0.15) is 0 Å². The number of likely N-dealkylation sites (tertiary alicyclic amines) is 1. The minimum atomic E-state index is 0.0179. The van der Waals surface area contributed by atoms with Gasteiger partial charge in [-0.3, -0.25) is 4.99 Å². The van der Waals surface area contributed by atoms with Crippen molar-refractivity contribution in [2.75, 3.05) is 39.9 Å². The largest absolute Gasteiger partial charge is 0.489 e. The van der Waals surface area contributed by atoms with Crippen LogP contribution in [0.4, 0.5) is 0 Å². The molecule has 0 amide bonds. The minimum absolute atomic E-state index is 0.0179. The second kappa shape index (κ2) is 11.6. The van der Waals surface area contributed by atoms with Gasteiger partial charge >= 0.3 is 0 Å². The van der Waals surface area contributed by atoms with E-state index in [0.717, 1.165) is 57.3 Å². The summed E-state index contributed by atoms with van der Waals surface area (Å²) < 4.78 is 17.8. The van der Waals surface area contributed by atoms with Crippen LogP contribution < -0.4 is 10.1 Å². The van der Waals surface area contributed by atoms with Crippen LogP contribution in [-0.4, -0.2) is 69.1 Å². The highest BCUT2D eigenvalue weighted by Crippen LogP contribution is 2.19. The topological polar surface area (TPSA) is 55.3 Å². The van der Waals surface area contributed by atoms with Gasteiger partial charge in [-0.05, 0) is 63.3 Å². The molecule has 7 heteroatoms. The third-order valence-corrected chi connectivity index (χ3v) is 5.70. The predicted molar refractivity (Wildman–Crippen MR) is 117 cm³/mol. The van der Waals surface area contributed by atoms with E-state index in [9.17, 15) is 0 Å². The molecule has 2 atom stereocenters. The molecule has 6 nitrogen and oxygen atoms in total. The molecule has 0 radical (unpaired) electrons. The average Bonchev–Trinajstić information content (AvgIpc) is 2.76. The molecule has 0 spiro atoms. The zero-order chi connectivity index (χ0) is 20.5. The molecule has 29 heavy (non-hydrogen) atoms.